The van der Waals surface area contributed by atoms with Crippen molar-refractivity contribution in [2.24, 2.45) is 0 Å². The maximum absolute atomic E-state index is 12.7. The summed E-state index contributed by atoms with van der Waals surface area (Å²) >= 11 is 0. The summed E-state index contributed by atoms with van der Waals surface area (Å²) in [5.41, 5.74) is 0.383. The zero-order chi connectivity index (χ0) is 15.6. The van der Waals surface area contributed by atoms with Crippen LogP contribution in [0.25, 0.3) is 5.69 Å². The van der Waals surface area contributed by atoms with Gasteiger partial charge in [-0.05, 0) is 30.3 Å². The highest BCUT2D eigenvalue weighted by molar-refractivity contribution is 5.54. The molecule has 0 saturated heterocycles. The predicted octanol–water partition coefficient (Wildman–Crippen LogP) is 4.03. The topological polar surface area (TPSA) is 42.7 Å². The standard InChI is InChI=1S/C15H11F3N4/c16-15(17,18)11-3-1-5-13(9-11)22-8-6-14(21-22)20-12-4-2-7-19-10-12/h1-10H,(H,20,21). The molecule has 0 saturated carbocycles. The number of anilines is 2. The summed E-state index contributed by atoms with van der Waals surface area (Å²) in [6, 6.07) is 10.3. The van der Waals surface area contributed by atoms with E-state index in [1.54, 1.807) is 36.8 Å². The third-order valence-corrected chi connectivity index (χ3v) is 2.96. The van der Waals surface area contributed by atoms with Gasteiger partial charge in [0.1, 0.15) is 0 Å². The van der Waals surface area contributed by atoms with E-state index in [-0.39, 0.29) is 0 Å². The number of aromatic nitrogens is 3. The molecule has 3 aromatic rings. The monoisotopic (exact) mass is 304 g/mol. The summed E-state index contributed by atoms with van der Waals surface area (Å²) in [4.78, 5) is 3.96. The second-order valence-corrected chi connectivity index (χ2v) is 4.56. The largest absolute Gasteiger partial charge is 0.416 e. The molecule has 0 amide bonds. The van der Waals surface area contributed by atoms with E-state index in [1.165, 1.54) is 10.7 Å². The first-order valence-electron chi connectivity index (χ1n) is 6.43. The molecule has 4 nitrogen and oxygen atoms in total. The highest BCUT2D eigenvalue weighted by Crippen LogP contribution is 2.30. The Bertz CT molecular complexity index is 766. The molecule has 0 aliphatic carbocycles. The van der Waals surface area contributed by atoms with Crippen LogP contribution in [0, 0.1) is 0 Å². The van der Waals surface area contributed by atoms with Gasteiger partial charge in [0.15, 0.2) is 5.82 Å². The number of nitrogens with zero attached hydrogens (tertiary/aromatic N) is 3. The lowest BCUT2D eigenvalue weighted by atomic mass is 10.2. The van der Waals surface area contributed by atoms with Crippen molar-refractivity contribution in [3.05, 3.63) is 66.6 Å². The Balaban J connectivity index is 1.85. The summed E-state index contributed by atoms with van der Waals surface area (Å²) in [7, 11) is 0. The molecule has 0 aliphatic rings. The molecule has 2 heterocycles. The Labute approximate surface area is 124 Å². The van der Waals surface area contributed by atoms with Crippen LogP contribution in [0.1, 0.15) is 5.56 Å². The summed E-state index contributed by atoms with van der Waals surface area (Å²) in [6.07, 6.45) is 0.490. The second-order valence-electron chi connectivity index (χ2n) is 4.56. The number of hydrogen-bond acceptors (Lipinski definition) is 3. The Morgan fingerprint density at radius 1 is 1.05 bits per heavy atom. The average molecular weight is 304 g/mol. The Morgan fingerprint density at radius 2 is 1.91 bits per heavy atom. The Hall–Kier alpha value is -2.83. The van der Waals surface area contributed by atoms with E-state index in [9.17, 15) is 13.2 Å². The lowest BCUT2D eigenvalue weighted by Gasteiger charge is -2.08. The summed E-state index contributed by atoms with van der Waals surface area (Å²) < 4.78 is 39.6. The smallest absolute Gasteiger partial charge is 0.337 e. The lowest BCUT2D eigenvalue weighted by Crippen LogP contribution is -2.06. The van der Waals surface area contributed by atoms with Gasteiger partial charge in [-0.3, -0.25) is 4.98 Å². The molecule has 2 aromatic heterocycles. The van der Waals surface area contributed by atoms with Gasteiger partial charge in [0.2, 0.25) is 0 Å². The third kappa shape index (κ3) is 3.08. The molecular formula is C15H11F3N4. The summed E-state index contributed by atoms with van der Waals surface area (Å²) in [6.45, 7) is 0. The van der Waals surface area contributed by atoms with Crippen LogP contribution in [0.5, 0.6) is 0 Å². The van der Waals surface area contributed by atoms with Crippen LogP contribution in [0.3, 0.4) is 0 Å². The maximum atomic E-state index is 12.7. The minimum absolute atomic E-state index is 0.342. The molecule has 1 aromatic carbocycles. The average Bonchev–Trinajstić information content (AvgIpc) is 2.96. The van der Waals surface area contributed by atoms with Crippen molar-refractivity contribution in [2.75, 3.05) is 5.32 Å². The quantitative estimate of drug-likeness (QED) is 0.794. The first-order valence-corrected chi connectivity index (χ1v) is 6.43. The zero-order valence-electron chi connectivity index (χ0n) is 11.2. The molecular weight excluding hydrogens is 293 g/mol. The minimum atomic E-state index is -4.38. The van der Waals surface area contributed by atoms with E-state index in [4.69, 9.17) is 0 Å². The van der Waals surface area contributed by atoms with Crippen LogP contribution >= 0.6 is 0 Å². The number of rotatable bonds is 3. The van der Waals surface area contributed by atoms with Crippen molar-refractivity contribution in [1.29, 1.82) is 0 Å². The predicted molar refractivity (Wildman–Crippen MR) is 76.1 cm³/mol. The number of alkyl halides is 3. The maximum Gasteiger partial charge on any atom is 0.416 e. The number of hydrogen-bond donors (Lipinski definition) is 1. The van der Waals surface area contributed by atoms with E-state index in [0.717, 1.165) is 17.8 Å². The van der Waals surface area contributed by atoms with Crippen molar-refractivity contribution >= 4 is 11.5 Å². The van der Waals surface area contributed by atoms with Crippen molar-refractivity contribution in [1.82, 2.24) is 14.8 Å². The highest BCUT2D eigenvalue weighted by atomic mass is 19.4. The zero-order valence-corrected chi connectivity index (χ0v) is 11.2. The first kappa shape index (κ1) is 14.1. The van der Waals surface area contributed by atoms with E-state index >= 15 is 0 Å². The van der Waals surface area contributed by atoms with Crippen LogP contribution in [0.2, 0.25) is 0 Å². The fourth-order valence-corrected chi connectivity index (χ4v) is 1.94. The third-order valence-electron chi connectivity index (χ3n) is 2.96. The second kappa shape index (κ2) is 5.51. The summed E-state index contributed by atoms with van der Waals surface area (Å²) in [5, 5.41) is 7.23. The normalized spacial score (nSPS) is 11.4. The van der Waals surface area contributed by atoms with E-state index in [0.29, 0.717) is 11.5 Å². The van der Waals surface area contributed by atoms with Crippen LogP contribution in [0.4, 0.5) is 24.7 Å². The number of pyridine rings is 1. The molecule has 0 atom stereocenters. The minimum Gasteiger partial charge on any atom is -0.337 e. The molecule has 3 rings (SSSR count). The van der Waals surface area contributed by atoms with Gasteiger partial charge in [-0.25, -0.2) is 4.68 Å². The number of nitrogens with one attached hydrogen (secondary N) is 1. The van der Waals surface area contributed by atoms with Crippen molar-refractivity contribution < 1.29 is 13.2 Å². The first-order chi connectivity index (χ1) is 10.5. The molecule has 0 bridgehead atoms. The highest BCUT2D eigenvalue weighted by Gasteiger charge is 2.30. The molecule has 0 unspecified atom stereocenters. The van der Waals surface area contributed by atoms with Crippen molar-refractivity contribution in [3.8, 4) is 5.69 Å². The van der Waals surface area contributed by atoms with Crippen LogP contribution in [-0.2, 0) is 6.18 Å². The SMILES string of the molecule is FC(F)(F)c1cccc(-n2ccc(Nc3cccnc3)n2)c1. The fourth-order valence-electron chi connectivity index (χ4n) is 1.94. The summed E-state index contributed by atoms with van der Waals surface area (Å²) in [5.74, 6) is 0.519. The van der Waals surface area contributed by atoms with Gasteiger partial charge < -0.3 is 5.32 Å². The van der Waals surface area contributed by atoms with Crippen LogP contribution in [-0.4, -0.2) is 14.8 Å². The molecule has 22 heavy (non-hydrogen) atoms. The van der Waals surface area contributed by atoms with Gasteiger partial charge in [0, 0.05) is 18.5 Å². The van der Waals surface area contributed by atoms with Gasteiger partial charge in [-0.1, -0.05) is 6.07 Å². The fraction of sp³-hybridized carbons (Fsp3) is 0.0667. The molecule has 0 spiro atoms. The number of halogens is 3. The van der Waals surface area contributed by atoms with Gasteiger partial charge in [-0.15, -0.1) is 0 Å². The van der Waals surface area contributed by atoms with E-state index in [1.807, 2.05) is 6.07 Å². The van der Waals surface area contributed by atoms with Gasteiger partial charge >= 0.3 is 6.18 Å². The Morgan fingerprint density at radius 3 is 2.64 bits per heavy atom. The van der Waals surface area contributed by atoms with Crippen LogP contribution < -0.4 is 5.32 Å². The van der Waals surface area contributed by atoms with Crippen molar-refractivity contribution in [3.63, 3.8) is 0 Å². The van der Waals surface area contributed by atoms with Gasteiger partial charge in [0.05, 0.1) is 23.1 Å². The van der Waals surface area contributed by atoms with Crippen molar-refractivity contribution in [2.45, 2.75) is 6.18 Å². The molecule has 1 N–H and O–H groups in total. The van der Waals surface area contributed by atoms with E-state index in [2.05, 4.69) is 15.4 Å². The molecule has 0 aliphatic heterocycles. The van der Waals surface area contributed by atoms with Gasteiger partial charge in [-0.2, -0.15) is 18.3 Å². The molecule has 0 radical (unpaired) electrons. The van der Waals surface area contributed by atoms with E-state index < -0.39 is 11.7 Å². The lowest BCUT2D eigenvalue weighted by molar-refractivity contribution is -0.137. The van der Waals surface area contributed by atoms with Crippen LogP contribution in [0.15, 0.2) is 61.1 Å². The number of benzene rings is 1. The van der Waals surface area contributed by atoms with Gasteiger partial charge in [0.25, 0.3) is 0 Å². The Kier molecular flexibility index (Phi) is 3.54. The molecule has 112 valence electrons. The molecule has 7 heteroatoms. The molecule has 0 fully saturated rings.